The third-order valence-corrected chi connectivity index (χ3v) is 3.91. The van der Waals surface area contributed by atoms with Gasteiger partial charge in [-0.25, -0.2) is 4.98 Å². The van der Waals surface area contributed by atoms with Gasteiger partial charge in [0.1, 0.15) is 5.82 Å². The molecule has 1 N–H and O–H groups in total. The average Bonchev–Trinajstić information content (AvgIpc) is 2.32. The lowest BCUT2D eigenvalue weighted by molar-refractivity contribution is 0.327. The van der Waals surface area contributed by atoms with Crippen LogP contribution < -0.4 is 5.32 Å². The zero-order chi connectivity index (χ0) is 11.4. The SMILES string of the molecule is CCC1CCCC(Nc2ccc(Br)cn2)C1. The summed E-state index contributed by atoms with van der Waals surface area (Å²) in [5.41, 5.74) is 0. The van der Waals surface area contributed by atoms with Crippen LogP contribution in [0.25, 0.3) is 0 Å². The van der Waals surface area contributed by atoms with Gasteiger partial charge in [0.2, 0.25) is 0 Å². The first-order valence-electron chi connectivity index (χ1n) is 6.16. The van der Waals surface area contributed by atoms with E-state index < -0.39 is 0 Å². The largest absolute Gasteiger partial charge is 0.367 e. The lowest BCUT2D eigenvalue weighted by Crippen LogP contribution is -2.27. The summed E-state index contributed by atoms with van der Waals surface area (Å²) >= 11 is 3.40. The number of rotatable bonds is 3. The summed E-state index contributed by atoms with van der Waals surface area (Å²) in [5.74, 6) is 1.91. The van der Waals surface area contributed by atoms with E-state index in [9.17, 15) is 0 Å². The highest BCUT2D eigenvalue weighted by Crippen LogP contribution is 2.28. The van der Waals surface area contributed by atoms with Crippen LogP contribution in [0.2, 0.25) is 0 Å². The highest BCUT2D eigenvalue weighted by molar-refractivity contribution is 9.10. The van der Waals surface area contributed by atoms with Gasteiger partial charge < -0.3 is 5.32 Å². The first kappa shape index (κ1) is 11.9. The number of aromatic nitrogens is 1. The molecule has 0 amide bonds. The van der Waals surface area contributed by atoms with Crippen molar-refractivity contribution < 1.29 is 0 Å². The van der Waals surface area contributed by atoms with Crippen LogP contribution in [0.3, 0.4) is 0 Å². The Morgan fingerprint density at radius 3 is 3.00 bits per heavy atom. The molecule has 2 atom stereocenters. The molecule has 0 spiro atoms. The van der Waals surface area contributed by atoms with Gasteiger partial charge in [-0.1, -0.05) is 26.2 Å². The number of pyridine rings is 1. The number of nitrogens with zero attached hydrogens (tertiary/aromatic N) is 1. The Kier molecular flexibility index (Phi) is 4.22. The molecule has 88 valence electrons. The maximum Gasteiger partial charge on any atom is 0.126 e. The van der Waals surface area contributed by atoms with Crippen molar-refractivity contribution in [1.29, 1.82) is 0 Å². The molecule has 2 unspecified atom stereocenters. The lowest BCUT2D eigenvalue weighted by atomic mass is 9.84. The zero-order valence-corrected chi connectivity index (χ0v) is 11.3. The number of hydrogen-bond acceptors (Lipinski definition) is 2. The molecular formula is C13H19BrN2. The predicted octanol–water partition coefficient (Wildman–Crippen LogP) is 4.22. The fraction of sp³-hybridized carbons (Fsp3) is 0.615. The second-order valence-corrected chi connectivity index (χ2v) is 5.56. The molecule has 16 heavy (non-hydrogen) atoms. The van der Waals surface area contributed by atoms with E-state index in [-0.39, 0.29) is 0 Å². The van der Waals surface area contributed by atoms with Gasteiger partial charge in [-0.05, 0) is 46.8 Å². The van der Waals surface area contributed by atoms with Gasteiger partial charge in [-0.2, -0.15) is 0 Å². The predicted molar refractivity (Wildman–Crippen MR) is 71.6 cm³/mol. The number of anilines is 1. The van der Waals surface area contributed by atoms with E-state index in [0.717, 1.165) is 16.2 Å². The van der Waals surface area contributed by atoms with Gasteiger partial charge in [0, 0.05) is 16.7 Å². The van der Waals surface area contributed by atoms with Crippen LogP contribution in [0.1, 0.15) is 39.0 Å². The van der Waals surface area contributed by atoms with Crippen molar-refractivity contribution in [1.82, 2.24) is 4.98 Å². The number of nitrogens with one attached hydrogen (secondary N) is 1. The van der Waals surface area contributed by atoms with Gasteiger partial charge in [-0.3, -0.25) is 0 Å². The molecule has 1 fully saturated rings. The molecule has 1 aliphatic rings. The van der Waals surface area contributed by atoms with E-state index in [1.165, 1.54) is 32.1 Å². The number of hydrogen-bond donors (Lipinski definition) is 1. The third-order valence-electron chi connectivity index (χ3n) is 3.44. The van der Waals surface area contributed by atoms with E-state index in [4.69, 9.17) is 0 Å². The molecule has 0 radical (unpaired) electrons. The molecule has 0 aromatic carbocycles. The van der Waals surface area contributed by atoms with E-state index in [0.29, 0.717) is 6.04 Å². The van der Waals surface area contributed by atoms with Crippen molar-refractivity contribution in [2.45, 2.75) is 45.1 Å². The fourth-order valence-corrected chi connectivity index (χ4v) is 2.70. The summed E-state index contributed by atoms with van der Waals surface area (Å²) in [6, 6.07) is 4.70. The molecule has 0 aliphatic heterocycles. The van der Waals surface area contributed by atoms with Crippen molar-refractivity contribution >= 4 is 21.7 Å². The maximum absolute atomic E-state index is 4.37. The summed E-state index contributed by atoms with van der Waals surface area (Å²) in [5, 5.41) is 3.54. The molecule has 1 heterocycles. The van der Waals surface area contributed by atoms with Gasteiger partial charge >= 0.3 is 0 Å². The lowest BCUT2D eigenvalue weighted by Gasteiger charge is -2.29. The molecular weight excluding hydrogens is 264 g/mol. The fourth-order valence-electron chi connectivity index (χ4n) is 2.46. The van der Waals surface area contributed by atoms with Gasteiger partial charge in [-0.15, -0.1) is 0 Å². The number of halogens is 1. The van der Waals surface area contributed by atoms with Gasteiger partial charge in [0.15, 0.2) is 0 Å². The van der Waals surface area contributed by atoms with E-state index in [1.807, 2.05) is 18.3 Å². The Morgan fingerprint density at radius 2 is 2.31 bits per heavy atom. The molecule has 3 heteroatoms. The molecule has 1 aliphatic carbocycles. The second-order valence-electron chi connectivity index (χ2n) is 4.64. The molecule has 1 saturated carbocycles. The van der Waals surface area contributed by atoms with Crippen LogP contribution >= 0.6 is 15.9 Å². The van der Waals surface area contributed by atoms with Crippen molar-refractivity contribution in [3.63, 3.8) is 0 Å². The standard InChI is InChI=1S/C13H19BrN2/c1-2-10-4-3-5-12(8-10)16-13-7-6-11(14)9-15-13/h6-7,9-10,12H,2-5,8H2,1H3,(H,15,16). The van der Waals surface area contributed by atoms with Crippen LogP contribution in [0, 0.1) is 5.92 Å². The minimum absolute atomic E-state index is 0.618. The zero-order valence-electron chi connectivity index (χ0n) is 9.75. The molecule has 1 aromatic heterocycles. The normalized spacial score (nSPS) is 25.4. The Labute approximate surface area is 106 Å². The van der Waals surface area contributed by atoms with Crippen LogP contribution in [0.15, 0.2) is 22.8 Å². The quantitative estimate of drug-likeness (QED) is 0.898. The first-order chi connectivity index (χ1) is 7.78. The van der Waals surface area contributed by atoms with Crippen molar-refractivity contribution in [2.75, 3.05) is 5.32 Å². The van der Waals surface area contributed by atoms with E-state index in [1.54, 1.807) is 0 Å². The minimum Gasteiger partial charge on any atom is -0.367 e. The van der Waals surface area contributed by atoms with Crippen LogP contribution in [-0.2, 0) is 0 Å². The van der Waals surface area contributed by atoms with Gasteiger partial charge in [0.25, 0.3) is 0 Å². The Morgan fingerprint density at radius 1 is 1.44 bits per heavy atom. The van der Waals surface area contributed by atoms with E-state index in [2.05, 4.69) is 33.2 Å². The summed E-state index contributed by atoms with van der Waals surface area (Å²) in [7, 11) is 0. The molecule has 2 nitrogen and oxygen atoms in total. The topological polar surface area (TPSA) is 24.9 Å². The summed E-state index contributed by atoms with van der Waals surface area (Å²) in [6.07, 6.45) is 8.51. The molecule has 2 rings (SSSR count). The highest BCUT2D eigenvalue weighted by atomic mass is 79.9. The molecule has 0 bridgehead atoms. The van der Waals surface area contributed by atoms with Crippen molar-refractivity contribution in [2.24, 2.45) is 5.92 Å². The van der Waals surface area contributed by atoms with Crippen LogP contribution in [0.5, 0.6) is 0 Å². The summed E-state index contributed by atoms with van der Waals surface area (Å²) in [4.78, 5) is 4.37. The molecule has 0 saturated heterocycles. The Balaban J connectivity index is 1.91. The second kappa shape index (κ2) is 5.67. The molecule has 1 aromatic rings. The van der Waals surface area contributed by atoms with Gasteiger partial charge in [0.05, 0.1) is 0 Å². The summed E-state index contributed by atoms with van der Waals surface area (Å²) in [6.45, 7) is 2.30. The minimum atomic E-state index is 0.618. The van der Waals surface area contributed by atoms with E-state index >= 15 is 0 Å². The smallest absolute Gasteiger partial charge is 0.126 e. The van der Waals surface area contributed by atoms with Crippen LogP contribution in [-0.4, -0.2) is 11.0 Å². The highest BCUT2D eigenvalue weighted by Gasteiger charge is 2.20. The monoisotopic (exact) mass is 282 g/mol. The Bertz CT molecular complexity index is 323. The van der Waals surface area contributed by atoms with Crippen molar-refractivity contribution in [3.8, 4) is 0 Å². The van der Waals surface area contributed by atoms with Crippen LogP contribution in [0.4, 0.5) is 5.82 Å². The summed E-state index contributed by atoms with van der Waals surface area (Å²) < 4.78 is 1.04. The Hall–Kier alpha value is -0.570. The van der Waals surface area contributed by atoms with Crippen molar-refractivity contribution in [3.05, 3.63) is 22.8 Å². The maximum atomic E-state index is 4.37. The average molecular weight is 283 g/mol. The third kappa shape index (κ3) is 3.21. The first-order valence-corrected chi connectivity index (χ1v) is 6.95.